The fourth-order valence-corrected chi connectivity index (χ4v) is 4.68. The van der Waals surface area contributed by atoms with Gasteiger partial charge < -0.3 is 15.4 Å². The summed E-state index contributed by atoms with van der Waals surface area (Å²) in [4.78, 5) is 27.8. The van der Waals surface area contributed by atoms with E-state index in [2.05, 4.69) is 25.8 Å². The van der Waals surface area contributed by atoms with E-state index in [-0.39, 0.29) is 11.8 Å². The number of morpholine rings is 1. The van der Waals surface area contributed by atoms with Gasteiger partial charge in [-0.3, -0.25) is 19.2 Å². The number of aryl methyl sites for hydroxylation is 2. The molecule has 2 N–H and O–H groups in total. The van der Waals surface area contributed by atoms with Gasteiger partial charge in [0.1, 0.15) is 5.69 Å². The van der Waals surface area contributed by atoms with Crippen molar-refractivity contribution < 1.29 is 14.3 Å². The molecule has 9 nitrogen and oxygen atoms in total. The first kappa shape index (κ1) is 27.9. The Morgan fingerprint density at radius 3 is 2.63 bits per heavy atom. The second kappa shape index (κ2) is 13.6. The number of amides is 2. The molecule has 1 saturated heterocycles. The van der Waals surface area contributed by atoms with Crippen molar-refractivity contribution in [2.75, 3.05) is 43.5 Å². The number of aromatic nitrogens is 3. The lowest BCUT2D eigenvalue weighted by Crippen LogP contribution is -2.37. The molecule has 1 fully saturated rings. The molecular weight excluding hydrogens is 516 g/mol. The molecule has 4 aromatic rings. The number of hydrogen-bond donors (Lipinski definition) is 2. The van der Waals surface area contributed by atoms with Crippen molar-refractivity contribution in [3.05, 3.63) is 102 Å². The van der Waals surface area contributed by atoms with Crippen LogP contribution in [0.1, 0.15) is 27.9 Å². The summed E-state index contributed by atoms with van der Waals surface area (Å²) < 4.78 is 7.26. The van der Waals surface area contributed by atoms with E-state index in [1.807, 2.05) is 84.5 Å². The number of carbonyl (C=O) groups is 2. The number of rotatable bonds is 10. The van der Waals surface area contributed by atoms with Gasteiger partial charge in [0.25, 0.3) is 5.91 Å². The van der Waals surface area contributed by atoms with Crippen LogP contribution in [-0.2, 0) is 16.1 Å². The van der Waals surface area contributed by atoms with E-state index in [4.69, 9.17) is 4.74 Å². The number of ether oxygens (including phenoxy) is 1. The third kappa shape index (κ3) is 7.97. The summed E-state index contributed by atoms with van der Waals surface area (Å²) in [5, 5.41) is 14.5. The van der Waals surface area contributed by atoms with Gasteiger partial charge in [0.2, 0.25) is 5.91 Å². The number of benzene rings is 3. The maximum absolute atomic E-state index is 12.8. The average molecular weight is 551 g/mol. The van der Waals surface area contributed by atoms with Crippen LogP contribution in [0.2, 0.25) is 0 Å². The molecule has 3 aromatic carbocycles. The lowest BCUT2D eigenvalue weighted by molar-refractivity contribution is -0.111. The topological polar surface area (TPSA) is 101 Å². The molecule has 5 rings (SSSR count). The standard InChI is InChI=1S/C32H34N6O3/c1-24-7-4-9-26(21-24)32(40)33-27-10-5-8-25(22-27)13-14-31(39)34-29-12-3-2-11-28(29)30-23-38(36-35-30)16-6-15-37-17-19-41-20-18-37/h2-5,7-14,21-23H,6,15-20H2,1H3,(H,33,40)(H,34,39)/b14-13+. The molecular formula is C32H34N6O3. The fraction of sp³-hybridized carbons (Fsp3) is 0.250. The molecule has 1 aliphatic heterocycles. The van der Waals surface area contributed by atoms with Gasteiger partial charge in [-0.15, -0.1) is 5.10 Å². The number of anilines is 2. The van der Waals surface area contributed by atoms with E-state index < -0.39 is 0 Å². The van der Waals surface area contributed by atoms with Crippen LogP contribution in [0, 0.1) is 6.92 Å². The van der Waals surface area contributed by atoms with Crippen molar-refractivity contribution in [3.63, 3.8) is 0 Å². The fourth-order valence-electron chi connectivity index (χ4n) is 4.68. The first-order valence-electron chi connectivity index (χ1n) is 13.8. The Bertz CT molecular complexity index is 1520. The Kier molecular flexibility index (Phi) is 9.30. The Morgan fingerprint density at radius 2 is 1.78 bits per heavy atom. The van der Waals surface area contributed by atoms with Gasteiger partial charge in [0.05, 0.1) is 25.1 Å². The zero-order chi connectivity index (χ0) is 28.4. The normalized spacial score (nSPS) is 13.8. The van der Waals surface area contributed by atoms with Crippen LogP contribution in [0.4, 0.5) is 11.4 Å². The van der Waals surface area contributed by atoms with Crippen LogP contribution >= 0.6 is 0 Å². The second-order valence-electron chi connectivity index (χ2n) is 9.99. The molecule has 0 unspecified atom stereocenters. The molecule has 0 spiro atoms. The highest BCUT2D eigenvalue weighted by Crippen LogP contribution is 2.26. The predicted molar refractivity (Wildman–Crippen MR) is 161 cm³/mol. The Labute approximate surface area is 239 Å². The minimum absolute atomic E-state index is 0.182. The van der Waals surface area contributed by atoms with E-state index in [0.717, 1.165) is 62.5 Å². The smallest absolute Gasteiger partial charge is 0.255 e. The molecule has 0 saturated carbocycles. The quantitative estimate of drug-likeness (QED) is 0.273. The van der Waals surface area contributed by atoms with Crippen LogP contribution in [0.25, 0.3) is 17.3 Å². The van der Waals surface area contributed by atoms with E-state index in [9.17, 15) is 9.59 Å². The first-order chi connectivity index (χ1) is 20.0. The number of nitrogens with one attached hydrogen (secondary N) is 2. The molecule has 0 aliphatic carbocycles. The Balaban J connectivity index is 1.18. The van der Waals surface area contributed by atoms with Crippen molar-refractivity contribution in [2.24, 2.45) is 0 Å². The molecule has 1 aliphatic rings. The molecule has 2 heterocycles. The monoisotopic (exact) mass is 550 g/mol. The predicted octanol–water partition coefficient (Wildman–Crippen LogP) is 4.88. The van der Waals surface area contributed by atoms with Gasteiger partial charge in [-0.05, 0) is 55.3 Å². The van der Waals surface area contributed by atoms with E-state index >= 15 is 0 Å². The van der Waals surface area contributed by atoms with Crippen LogP contribution < -0.4 is 10.6 Å². The maximum atomic E-state index is 12.8. The van der Waals surface area contributed by atoms with Crippen LogP contribution in [0.15, 0.2) is 85.1 Å². The SMILES string of the molecule is Cc1cccc(C(=O)Nc2cccc(/C=C/C(=O)Nc3ccccc3-c3cn(CCCN4CCOCC4)nn3)c2)c1. The summed E-state index contributed by atoms with van der Waals surface area (Å²) in [5.41, 5.74) is 5.21. The number of para-hydroxylation sites is 1. The highest BCUT2D eigenvalue weighted by Gasteiger charge is 2.13. The lowest BCUT2D eigenvalue weighted by atomic mass is 10.1. The highest BCUT2D eigenvalue weighted by molar-refractivity contribution is 6.05. The summed E-state index contributed by atoms with van der Waals surface area (Å²) >= 11 is 0. The largest absolute Gasteiger partial charge is 0.379 e. The molecule has 0 bridgehead atoms. The van der Waals surface area contributed by atoms with Crippen molar-refractivity contribution in [3.8, 4) is 11.3 Å². The van der Waals surface area contributed by atoms with Gasteiger partial charge in [0, 0.05) is 49.1 Å². The van der Waals surface area contributed by atoms with Crippen LogP contribution in [0.5, 0.6) is 0 Å². The summed E-state index contributed by atoms with van der Waals surface area (Å²) in [7, 11) is 0. The van der Waals surface area contributed by atoms with Crippen molar-refractivity contribution >= 4 is 29.3 Å². The Morgan fingerprint density at radius 1 is 0.951 bits per heavy atom. The summed E-state index contributed by atoms with van der Waals surface area (Å²) in [6, 6.07) is 22.3. The molecule has 2 amide bonds. The molecule has 0 radical (unpaired) electrons. The van der Waals surface area contributed by atoms with Gasteiger partial charge in [-0.25, -0.2) is 0 Å². The Hall–Kier alpha value is -4.60. The van der Waals surface area contributed by atoms with Crippen LogP contribution in [0.3, 0.4) is 0 Å². The molecule has 0 atom stereocenters. The van der Waals surface area contributed by atoms with Gasteiger partial charge >= 0.3 is 0 Å². The maximum Gasteiger partial charge on any atom is 0.255 e. The molecule has 1 aromatic heterocycles. The van der Waals surface area contributed by atoms with E-state index in [1.54, 1.807) is 12.1 Å². The number of nitrogens with zero attached hydrogens (tertiary/aromatic N) is 4. The van der Waals surface area contributed by atoms with Gasteiger partial charge in [0.15, 0.2) is 0 Å². The zero-order valence-corrected chi connectivity index (χ0v) is 23.1. The minimum atomic E-state index is -0.274. The summed E-state index contributed by atoms with van der Waals surface area (Å²) in [6.45, 7) is 7.25. The third-order valence-electron chi connectivity index (χ3n) is 6.82. The van der Waals surface area contributed by atoms with Crippen molar-refractivity contribution in [1.29, 1.82) is 0 Å². The van der Waals surface area contributed by atoms with Crippen molar-refractivity contribution in [1.82, 2.24) is 19.9 Å². The minimum Gasteiger partial charge on any atom is -0.379 e. The number of hydrogen-bond acceptors (Lipinski definition) is 6. The molecule has 41 heavy (non-hydrogen) atoms. The first-order valence-corrected chi connectivity index (χ1v) is 13.8. The van der Waals surface area contributed by atoms with Crippen molar-refractivity contribution in [2.45, 2.75) is 19.9 Å². The average Bonchev–Trinajstić information content (AvgIpc) is 3.46. The zero-order valence-electron chi connectivity index (χ0n) is 23.1. The van der Waals surface area contributed by atoms with E-state index in [1.165, 1.54) is 6.08 Å². The summed E-state index contributed by atoms with van der Waals surface area (Å²) in [6.07, 6.45) is 6.07. The van der Waals surface area contributed by atoms with E-state index in [0.29, 0.717) is 22.6 Å². The van der Waals surface area contributed by atoms with Gasteiger partial charge in [-0.1, -0.05) is 53.2 Å². The second-order valence-corrected chi connectivity index (χ2v) is 9.99. The van der Waals surface area contributed by atoms with Gasteiger partial charge in [-0.2, -0.15) is 0 Å². The van der Waals surface area contributed by atoms with Crippen LogP contribution in [-0.4, -0.2) is 64.6 Å². The third-order valence-corrected chi connectivity index (χ3v) is 6.82. The lowest BCUT2D eigenvalue weighted by Gasteiger charge is -2.26. The molecule has 210 valence electrons. The number of carbonyl (C=O) groups excluding carboxylic acids is 2. The highest BCUT2D eigenvalue weighted by atomic mass is 16.5. The summed E-state index contributed by atoms with van der Waals surface area (Å²) in [5.74, 6) is -0.456. The molecule has 9 heteroatoms.